The molecule has 0 unspecified atom stereocenters. The number of likely N-dealkylation sites (N-methyl/N-ethyl adjacent to an activating group) is 1. The Hall–Kier alpha value is -0.610. The molecular formula is C18H38N2O2. The van der Waals surface area contributed by atoms with Gasteiger partial charge in [-0.1, -0.05) is 52.4 Å². The van der Waals surface area contributed by atoms with Gasteiger partial charge in [-0.3, -0.25) is 4.79 Å². The van der Waals surface area contributed by atoms with Crippen molar-refractivity contribution >= 4 is 5.91 Å². The van der Waals surface area contributed by atoms with Crippen LogP contribution in [0.2, 0.25) is 0 Å². The Morgan fingerprint density at radius 3 is 2.23 bits per heavy atom. The number of hydrogen-bond acceptors (Lipinski definition) is 3. The second-order valence-electron chi connectivity index (χ2n) is 6.09. The fourth-order valence-corrected chi connectivity index (χ4v) is 2.56. The molecule has 0 aliphatic rings. The molecule has 0 fully saturated rings. The Morgan fingerprint density at radius 1 is 0.909 bits per heavy atom. The monoisotopic (exact) mass is 314 g/mol. The van der Waals surface area contributed by atoms with E-state index in [4.69, 9.17) is 5.11 Å². The van der Waals surface area contributed by atoms with Crippen LogP contribution in [0, 0.1) is 0 Å². The Balaban J connectivity index is 3.48. The van der Waals surface area contributed by atoms with Gasteiger partial charge in [0.1, 0.15) is 0 Å². The van der Waals surface area contributed by atoms with Crippen LogP contribution in [0.1, 0.15) is 78.1 Å². The largest absolute Gasteiger partial charge is 0.396 e. The van der Waals surface area contributed by atoms with E-state index in [1.54, 1.807) is 0 Å². The van der Waals surface area contributed by atoms with Gasteiger partial charge in [0.25, 0.3) is 0 Å². The standard InChI is InChI=1S/C18H38N2O2/c1-3-5-10-13-18(22)19-14-16-20(4-2)15-11-8-6-7-9-12-17-21/h21H,3-17H2,1-2H3,(H,19,22). The van der Waals surface area contributed by atoms with Crippen LogP contribution in [-0.4, -0.2) is 48.7 Å². The van der Waals surface area contributed by atoms with Crippen LogP contribution in [0.15, 0.2) is 0 Å². The van der Waals surface area contributed by atoms with Gasteiger partial charge in [0.15, 0.2) is 0 Å². The van der Waals surface area contributed by atoms with Gasteiger partial charge in [0, 0.05) is 26.1 Å². The summed E-state index contributed by atoms with van der Waals surface area (Å²) in [4.78, 5) is 14.0. The Labute approximate surface area is 137 Å². The first-order chi connectivity index (χ1) is 10.7. The normalized spacial score (nSPS) is 11.1. The highest BCUT2D eigenvalue weighted by Crippen LogP contribution is 2.06. The minimum Gasteiger partial charge on any atom is -0.396 e. The van der Waals surface area contributed by atoms with Crippen molar-refractivity contribution in [2.24, 2.45) is 0 Å². The van der Waals surface area contributed by atoms with E-state index in [-0.39, 0.29) is 5.91 Å². The highest BCUT2D eigenvalue weighted by molar-refractivity contribution is 5.75. The van der Waals surface area contributed by atoms with Crippen molar-refractivity contribution in [3.05, 3.63) is 0 Å². The summed E-state index contributed by atoms with van der Waals surface area (Å²) in [6.45, 7) is 8.58. The van der Waals surface area contributed by atoms with Crippen LogP contribution in [0.4, 0.5) is 0 Å². The third-order valence-electron chi connectivity index (χ3n) is 4.09. The van der Waals surface area contributed by atoms with E-state index in [1.807, 2.05) is 0 Å². The topological polar surface area (TPSA) is 52.6 Å². The number of carbonyl (C=O) groups excluding carboxylic acids is 1. The zero-order chi connectivity index (χ0) is 16.5. The van der Waals surface area contributed by atoms with Crippen LogP contribution in [0.25, 0.3) is 0 Å². The molecule has 2 N–H and O–H groups in total. The molecule has 0 saturated heterocycles. The summed E-state index contributed by atoms with van der Waals surface area (Å²) in [6, 6.07) is 0. The lowest BCUT2D eigenvalue weighted by Gasteiger charge is -2.20. The van der Waals surface area contributed by atoms with Crippen LogP contribution >= 0.6 is 0 Å². The minimum atomic E-state index is 0.202. The smallest absolute Gasteiger partial charge is 0.220 e. The van der Waals surface area contributed by atoms with E-state index >= 15 is 0 Å². The lowest BCUT2D eigenvalue weighted by atomic mass is 10.1. The van der Waals surface area contributed by atoms with Crippen molar-refractivity contribution in [2.45, 2.75) is 78.1 Å². The molecule has 22 heavy (non-hydrogen) atoms. The molecule has 132 valence electrons. The maximum Gasteiger partial charge on any atom is 0.220 e. The first kappa shape index (κ1) is 21.4. The zero-order valence-corrected chi connectivity index (χ0v) is 14.9. The molecule has 4 nitrogen and oxygen atoms in total. The number of aliphatic hydroxyl groups is 1. The maximum absolute atomic E-state index is 11.6. The highest BCUT2D eigenvalue weighted by Gasteiger charge is 2.04. The number of carbonyl (C=O) groups is 1. The SMILES string of the molecule is CCCCCC(=O)NCCN(CC)CCCCCCCCO. The fraction of sp³-hybridized carbons (Fsp3) is 0.944. The summed E-state index contributed by atoms with van der Waals surface area (Å²) in [5.74, 6) is 0.202. The van der Waals surface area contributed by atoms with Crippen molar-refractivity contribution in [2.75, 3.05) is 32.8 Å². The number of amides is 1. The molecule has 0 radical (unpaired) electrons. The molecule has 0 saturated carbocycles. The van der Waals surface area contributed by atoms with Crippen molar-refractivity contribution in [1.82, 2.24) is 10.2 Å². The van der Waals surface area contributed by atoms with Gasteiger partial charge in [-0.05, 0) is 32.4 Å². The van der Waals surface area contributed by atoms with Gasteiger partial charge >= 0.3 is 0 Å². The summed E-state index contributed by atoms with van der Waals surface area (Å²) < 4.78 is 0. The number of nitrogens with zero attached hydrogens (tertiary/aromatic N) is 1. The third-order valence-corrected chi connectivity index (χ3v) is 4.09. The van der Waals surface area contributed by atoms with Gasteiger partial charge < -0.3 is 15.3 Å². The molecule has 0 heterocycles. The van der Waals surface area contributed by atoms with E-state index in [0.717, 1.165) is 58.3 Å². The van der Waals surface area contributed by atoms with Crippen LogP contribution in [-0.2, 0) is 4.79 Å². The second kappa shape index (κ2) is 16.8. The number of aliphatic hydroxyl groups excluding tert-OH is 1. The van der Waals surface area contributed by atoms with E-state index in [1.165, 1.54) is 25.7 Å². The maximum atomic E-state index is 11.6. The van der Waals surface area contributed by atoms with Gasteiger partial charge in [0.2, 0.25) is 5.91 Å². The lowest BCUT2D eigenvalue weighted by Crippen LogP contribution is -2.35. The average Bonchev–Trinajstić information content (AvgIpc) is 2.52. The summed E-state index contributed by atoms with van der Waals surface area (Å²) in [5.41, 5.74) is 0. The van der Waals surface area contributed by atoms with E-state index < -0.39 is 0 Å². The number of rotatable bonds is 16. The molecule has 1 amide bonds. The van der Waals surface area contributed by atoms with Gasteiger partial charge in [-0.25, -0.2) is 0 Å². The Morgan fingerprint density at radius 2 is 1.59 bits per heavy atom. The van der Waals surface area contributed by atoms with Gasteiger partial charge in [-0.15, -0.1) is 0 Å². The number of nitrogens with one attached hydrogen (secondary N) is 1. The van der Waals surface area contributed by atoms with Crippen molar-refractivity contribution in [3.63, 3.8) is 0 Å². The lowest BCUT2D eigenvalue weighted by molar-refractivity contribution is -0.121. The molecule has 0 bridgehead atoms. The molecule has 0 aliphatic carbocycles. The Bertz CT molecular complexity index is 247. The molecule has 4 heteroatoms. The van der Waals surface area contributed by atoms with E-state index in [2.05, 4.69) is 24.1 Å². The predicted octanol–water partition coefficient (Wildman–Crippen LogP) is 3.34. The molecule has 0 aromatic rings. The van der Waals surface area contributed by atoms with Gasteiger partial charge in [-0.2, -0.15) is 0 Å². The molecule has 0 spiro atoms. The quantitative estimate of drug-likeness (QED) is 0.430. The van der Waals surface area contributed by atoms with Crippen molar-refractivity contribution in [1.29, 1.82) is 0 Å². The number of hydrogen-bond donors (Lipinski definition) is 2. The average molecular weight is 315 g/mol. The predicted molar refractivity (Wildman–Crippen MR) is 94.1 cm³/mol. The molecule has 0 aliphatic heterocycles. The minimum absolute atomic E-state index is 0.202. The van der Waals surface area contributed by atoms with Crippen LogP contribution in [0.3, 0.4) is 0 Å². The Kier molecular flexibility index (Phi) is 16.3. The summed E-state index contributed by atoms with van der Waals surface area (Å²) in [5, 5.41) is 11.7. The van der Waals surface area contributed by atoms with Crippen LogP contribution < -0.4 is 5.32 Å². The van der Waals surface area contributed by atoms with Gasteiger partial charge in [0.05, 0.1) is 0 Å². The van der Waals surface area contributed by atoms with Crippen LogP contribution in [0.5, 0.6) is 0 Å². The molecule has 0 aromatic heterocycles. The summed E-state index contributed by atoms with van der Waals surface area (Å²) in [7, 11) is 0. The number of unbranched alkanes of at least 4 members (excludes halogenated alkanes) is 7. The summed E-state index contributed by atoms with van der Waals surface area (Å²) in [6.07, 6.45) is 11.1. The molecule has 0 rings (SSSR count). The van der Waals surface area contributed by atoms with E-state index in [9.17, 15) is 4.79 Å². The first-order valence-electron chi connectivity index (χ1n) is 9.34. The molecule has 0 atom stereocenters. The molecule has 0 aromatic carbocycles. The fourth-order valence-electron chi connectivity index (χ4n) is 2.56. The second-order valence-corrected chi connectivity index (χ2v) is 6.09. The first-order valence-corrected chi connectivity index (χ1v) is 9.34. The van der Waals surface area contributed by atoms with Crippen molar-refractivity contribution < 1.29 is 9.90 Å². The third kappa shape index (κ3) is 14.3. The zero-order valence-electron chi connectivity index (χ0n) is 14.9. The van der Waals surface area contributed by atoms with Crippen molar-refractivity contribution in [3.8, 4) is 0 Å². The van der Waals surface area contributed by atoms with E-state index in [0.29, 0.717) is 13.0 Å². The highest BCUT2D eigenvalue weighted by atomic mass is 16.2. The molecular weight excluding hydrogens is 276 g/mol. The summed E-state index contributed by atoms with van der Waals surface area (Å²) >= 11 is 0.